The molecular formula is C31H42FN3O3. The summed E-state index contributed by atoms with van der Waals surface area (Å²) in [5.41, 5.74) is 4.71. The summed E-state index contributed by atoms with van der Waals surface area (Å²) in [5, 5.41) is 3.36. The number of hydrogen-bond donors (Lipinski definition) is 1. The lowest BCUT2D eigenvalue weighted by atomic mass is 9.71. The van der Waals surface area contributed by atoms with Crippen molar-refractivity contribution in [2.45, 2.75) is 79.6 Å². The van der Waals surface area contributed by atoms with Crippen molar-refractivity contribution in [1.29, 1.82) is 0 Å². The molecule has 0 spiro atoms. The Bertz CT molecular complexity index is 1120. The molecule has 2 aromatic rings. The minimum absolute atomic E-state index is 0.203. The van der Waals surface area contributed by atoms with Crippen molar-refractivity contribution in [2.75, 3.05) is 18.4 Å². The molecule has 2 aromatic carbocycles. The van der Waals surface area contributed by atoms with E-state index in [0.29, 0.717) is 18.3 Å². The molecule has 0 aliphatic carbocycles. The van der Waals surface area contributed by atoms with Crippen LogP contribution in [0.15, 0.2) is 36.4 Å². The highest BCUT2D eigenvalue weighted by Gasteiger charge is 2.37. The maximum absolute atomic E-state index is 14.8. The van der Waals surface area contributed by atoms with E-state index in [9.17, 15) is 18.8 Å². The third-order valence-corrected chi connectivity index (χ3v) is 7.30. The summed E-state index contributed by atoms with van der Waals surface area (Å²) in [4.78, 5) is 38.0. The first-order valence-corrected chi connectivity index (χ1v) is 13.4. The monoisotopic (exact) mass is 523 g/mol. The van der Waals surface area contributed by atoms with Crippen LogP contribution in [0.2, 0.25) is 0 Å². The lowest BCUT2D eigenvalue weighted by Crippen LogP contribution is -2.47. The number of halogens is 1. The number of anilines is 1. The quantitative estimate of drug-likeness (QED) is 0.351. The molecule has 38 heavy (non-hydrogen) atoms. The maximum Gasteiger partial charge on any atom is 0.210 e. The van der Waals surface area contributed by atoms with E-state index in [0.717, 1.165) is 48.3 Å². The Morgan fingerprint density at radius 3 is 2.42 bits per heavy atom. The summed E-state index contributed by atoms with van der Waals surface area (Å²) in [6.07, 6.45) is 3.76. The lowest BCUT2D eigenvalue weighted by Gasteiger charge is -2.47. The fraction of sp³-hybridized carbons (Fsp3) is 0.516. The largest absolute Gasteiger partial charge is 0.381 e. The number of amides is 1. The molecule has 206 valence electrons. The van der Waals surface area contributed by atoms with Gasteiger partial charge in [0.05, 0.1) is 6.04 Å². The summed E-state index contributed by atoms with van der Waals surface area (Å²) in [6.45, 7) is 14.5. The number of rotatable bonds is 13. The molecule has 1 unspecified atom stereocenters. The average Bonchev–Trinajstić information content (AvgIpc) is 2.83. The fourth-order valence-corrected chi connectivity index (χ4v) is 6.14. The first-order valence-electron chi connectivity index (χ1n) is 13.4. The molecule has 1 aliphatic heterocycles. The van der Waals surface area contributed by atoms with Crippen molar-refractivity contribution in [1.82, 2.24) is 9.80 Å². The normalized spacial score (nSPS) is 17.4. The molecule has 0 aromatic heterocycles. The van der Waals surface area contributed by atoms with E-state index in [1.807, 2.05) is 37.3 Å². The molecular weight excluding hydrogens is 481 g/mol. The van der Waals surface area contributed by atoms with Gasteiger partial charge in [0.2, 0.25) is 6.41 Å². The molecule has 0 saturated carbocycles. The van der Waals surface area contributed by atoms with Crippen molar-refractivity contribution in [2.24, 2.45) is 10.8 Å². The first-order chi connectivity index (χ1) is 18.0. The van der Waals surface area contributed by atoms with Gasteiger partial charge in [-0.25, -0.2) is 4.39 Å². The van der Waals surface area contributed by atoms with Crippen molar-refractivity contribution in [3.05, 3.63) is 64.5 Å². The number of hydrogen-bond acceptors (Lipinski definition) is 5. The second-order valence-electron chi connectivity index (χ2n) is 12.3. The third-order valence-electron chi connectivity index (χ3n) is 7.30. The van der Waals surface area contributed by atoms with Crippen LogP contribution in [0.5, 0.6) is 0 Å². The molecule has 6 nitrogen and oxygen atoms in total. The van der Waals surface area contributed by atoms with Crippen molar-refractivity contribution in [3.8, 4) is 0 Å². The summed E-state index contributed by atoms with van der Waals surface area (Å²) in [6, 6.07) is 10.4. The van der Waals surface area contributed by atoms with Crippen molar-refractivity contribution >= 4 is 24.7 Å². The molecule has 7 heteroatoms. The van der Waals surface area contributed by atoms with Gasteiger partial charge >= 0.3 is 0 Å². The zero-order valence-electron chi connectivity index (χ0n) is 23.4. The van der Waals surface area contributed by atoms with E-state index in [1.165, 1.54) is 11.3 Å². The molecule has 1 amide bonds. The second-order valence-corrected chi connectivity index (χ2v) is 12.3. The fourth-order valence-electron chi connectivity index (χ4n) is 6.14. The predicted molar refractivity (Wildman–Crippen MR) is 149 cm³/mol. The highest BCUT2D eigenvalue weighted by molar-refractivity contribution is 5.66. The van der Waals surface area contributed by atoms with Gasteiger partial charge in [0.15, 0.2) is 0 Å². The minimum Gasteiger partial charge on any atom is -0.381 e. The molecule has 1 fully saturated rings. The average molecular weight is 524 g/mol. The van der Waals surface area contributed by atoms with E-state index >= 15 is 0 Å². The van der Waals surface area contributed by atoms with Gasteiger partial charge in [-0.2, -0.15) is 0 Å². The highest BCUT2D eigenvalue weighted by atomic mass is 19.1. The van der Waals surface area contributed by atoms with Crippen molar-refractivity contribution in [3.63, 3.8) is 0 Å². The number of benzene rings is 2. The molecule has 3 rings (SSSR count). The summed E-state index contributed by atoms with van der Waals surface area (Å²) < 4.78 is 14.8. The lowest BCUT2D eigenvalue weighted by molar-refractivity contribution is -0.126. The number of carbonyl (C=O) groups excluding carboxylic acids is 3. The van der Waals surface area contributed by atoms with Gasteiger partial charge in [-0.15, -0.1) is 0 Å². The molecule has 1 heterocycles. The second kappa shape index (κ2) is 12.7. The summed E-state index contributed by atoms with van der Waals surface area (Å²) >= 11 is 0. The number of likely N-dealkylation sites (tertiary alicyclic amines) is 1. The molecule has 0 bridgehead atoms. The van der Waals surface area contributed by atoms with Crippen LogP contribution in [0.25, 0.3) is 0 Å². The number of carbonyl (C=O) groups is 3. The Labute approximate surface area is 226 Å². The van der Waals surface area contributed by atoms with Gasteiger partial charge < -0.3 is 19.8 Å². The van der Waals surface area contributed by atoms with Gasteiger partial charge in [-0.05, 0) is 65.5 Å². The Morgan fingerprint density at radius 2 is 1.79 bits per heavy atom. The number of nitrogens with one attached hydrogen (secondary N) is 1. The van der Waals surface area contributed by atoms with E-state index in [-0.39, 0.29) is 42.6 Å². The van der Waals surface area contributed by atoms with E-state index in [2.05, 4.69) is 37.9 Å². The maximum atomic E-state index is 14.8. The van der Waals surface area contributed by atoms with Crippen LogP contribution in [0.1, 0.15) is 69.2 Å². The Kier molecular flexibility index (Phi) is 9.82. The predicted octanol–water partition coefficient (Wildman–Crippen LogP) is 5.51. The Hall–Kier alpha value is -3.06. The number of nitrogens with zero attached hydrogens (tertiary/aromatic N) is 2. The van der Waals surface area contributed by atoms with Gasteiger partial charge in [0, 0.05) is 50.4 Å². The van der Waals surface area contributed by atoms with Crippen LogP contribution in [-0.4, -0.2) is 47.9 Å². The zero-order chi connectivity index (χ0) is 27.9. The van der Waals surface area contributed by atoms with Gasteiger partial charge in [0.1, 0.15) is 18.4 Å². The number of aldehydes is 2. The third kappa shape index (κ3) is 7.97. The van der Waals surface area contributed by atoms with Crippen LogP contribution in [0, 0.1) is 23.6 Å². The Balaban J connectivity index is 1.75. The summed E-state index contributed by atoms with van der Waals surface area (Å²) in [7, 11) is 0. The zero-order valence-corrected chi connectivity index (χ0v) is 23.4. The van der Waals surface area contributed by atoms with E-state index in [1.54, 1.807) is 6.07 Å². The number of piperidine rings is 1. The molecule has 0 radical (unpaired) electrons. The van der Waals surface area contributed by atoms with E-state index in [4.69, 9.17) is 0 Å². The van der Waals surface area contributed by atoms with Crippen LogP contribution < -0.4 is 5.32 Å². The SMILES string of the molecule is Cc1cccc(NCc2cc(CN3CC(C)(C)CC(C)(C)C3)ccc2F)c1CN(C=O)C(C=O)CCC=O. The minimum atomic E-state index is -0.677. The van der Waals surface area contributed by atoms with Gasteiger partial charge in [0.25, 0.3) is 0 Å². The molecule has 1 atom stereocenters. The molecule has 1 aliphatic rings. The number of aryl methyl sites for hydroxylation is 1. The Morgan fingerprint density at radius 1 is 1.08 bits per heavy atom. The van der Waals surface area contributed by atoms with Crippen LogP contribution >= 0.6 is 0 Å². The summed E-state index contributed by atoms with van der Waals surface area (Å²) in [5.74, 6) is -0.265. The van der Waals surface area contributed by atoms with Gasteiger partial charge in [-0.1, -0.05) is 45.9 Å². The smallest absolute Gasteiger partial charge is 0.210 e. The molecule has 1 saturated heterocycles. The topological polar surface area (TPSA) is 69.7 Å². The van der Waals surface area contributed by atoms with E-state index < -0.39 is 6.04 Å². The van der Waals surface area contributed by atoms with Crippen molar-refractivity contribution < 1.29 is 18.8 Å². The van der Waals surface area contributed by atoms with Crippen LogP contribution in [0.3, 0.4) is 0 Å². The molecule has 1 N–H and O–H groups in total. The van der Waals surface area contributed by atoms with Crippen LogP contribution in [-0.2, 0) is 34.0 Å². The van der Waals surface area contributed by atoms with Crippen LogP contribution in [0.4, 0.5) is 10.1 Å². The first kappa shape index (κ1) is 29.5. The van der Waals surface area contributed by atoms with Gasteiger partial charge in [-0.3, -0.25) is 9.69 Å². The standard InChI is InChI=1S/C31H42FN3O3/c1-23-8-6-10-29(27(23)17-35(22-38)26(18-37)9-7-13-36)33-15-25-14-24(11-12-28(25)32)16-34-20-30(2,3)19-31(4,5)21-34/h6,8,10-14,18,22,26,33H,7,9,15-17,19-21H2,1-5H3. The highest BCUT2D eigenvalue weighted by Crippen LogP contribution is 2.40.